The molecule has 0 amide bonds. The monoisotopic (exact) mass is 315 g/mol. The standard InChI is InChI=1S/C16H13NO6/c1-10(18)14(16(19)22-2)9-13-6-7-15(23-13)11-4-3-5-12(8-11)17(20)21/h3-9H,1-2H3. The van der Waals surface area contributed by atoms with E-state index in [1.165, 1.54) is 32.2 Å². The second-order valence-electron chi connectivity index (χ2n) is 4.62. The zero-order chi connectivity index (χ0) is 17.0. The summed E-state index contributed by atoms with van der Waals surface area (Å²) in [5, 5.41) is 10.8. The lowest BCUT2D eigenvalue weighted by atomic mass is 10.1. The van der Waals surface area contributed by atoms with Gasteiger partial charge in [0.05, 0.1) is 12.0 Å². The molecule has 1 heterocycles. The van der Waals surface area contributed by atoms with E-state index >= 15 is 0 Å². The fourth-order valence-electron chi connectivity index (χ4n) is 1.91. The molecule has 7 nitrogen and oxygen atoms in total. The fraction of sp³-hybridized carbons (Fsp3) is 0.125. The highest BCUT2D eigenvalue weighted by atomic mass is 16.6. The predicted octanol–water partition coefficient (Wildman–Crippen LogP) is 3.00. The molecule has 0 saturated heterocycles. The third-order valence-corrected chi connectivity index (χ3v) is 3.04. The minimum Gasteiger partial charge on any atom is -0.465 e. The number of rotatable bonds is 5. The number of hydrogen-bond acceptors (Lipinski definition) is 6. The second-order valence-corrected chi connectivity index (χ2v) is 4.62. The van der Waals surface area contributed by atoms with E-state index in [0.717, 1.165) is 0 Å². The third kappa shape index (κ3) is 3.70. The largest absolute Gasteiger partial charge is 0.465 e. The van der Waals surface area contributed by atoms with E-state index < -0.39 is 16.7 Å². The zero-order valence-corrected chi connectivity index (χ0v) is 12.4. The van der Waals surface area contributed by atoms with Crippen molar-refractivity contribution >= 4 is 23.5 Å². The number of carbonyl (C=O) groups is 2. The van der Waals surface area contributed by atoms with Crippen LogP contribution < -0.4 is 0 Å². The molecule has 0 aliphatic carbocycles. The maximum atomic E-state index is 11.5. The van der Waals surface area contributed by atoms with Crippen molar-refractivity contribution in [1.29, 1.82) is 0 Å². The van der Waals surface area contributed by atoms with Crippen LogP contribution >= 0.6 is 0 Å². The average Bonchev–Trinajstić information content (AvgIpc) is 3.00. The van der Waals surface area contributed by atoms with E-state index in [1.54, 1.807) is 24.3 Å². The van der Waals surface area contributed by atoms with Crippen LogP contribution in [0.3, 0.4) is 0 Å². The summed E-state index contributed by atoms with van der Waals surface area (Å²) < 4.78 is 10.1. The SMILES string of the molecule is COC(=O)C(=Cc1ccc(-c2cccc([N+](=O)[O-])c2)o1)C(C)=O. The molecule has 0 aliphatic rings. The smallest absolute Gasteiger partial charge is 0.341 e. The minimum atomic E-state index is -0.759. The molecule has 1 aromatic heterocycles. The lowest BCUT2D eigenvalue weighted by Gasteiger charge is -2.00. The number of esters is 1. The van der Waals surface area contributed by atoms with Gasteiger partial charge in [0.15, 0.2) is 5.78 Å². The number of Topliss-reactive ketones (excluding diaryl/α,β-unsaturated/α-hetero) is 1. The van der Waals surface area contributed by atoms with Crippen LogP contribution in [0.15, 0.2) is 46.4 Å². The van der Waals surface area contributed by atoms with Gasteiger partial charge in [-0.15, -0.1) is 0 Å². The molecule has 118 valence electrons. The molecule has 0 N–H and O–H groups in total. The Hall–Kier alpha value is -3.22. The summed E-state index contributed by atoms with van der Waals surface area (Å²) in [4.78, 5) is 33.3. The maximum Gasteiger partial charge on any atom is 0.341 e. The summed E-state index contributed by atoms with van der Waals surface area (Å²) in [5.41, 5.74) is 0.309. The summed E-state index contributed by atoms with van der Waals surface area (Å²) in [6.07, 6.45) is 1.27. The van der Waals surface area contributed by atoms with Crippen molar-refractivity contribution in [3.8, 4) is 11.3 Å². The first kappa shape index (κ1) is 16.2. The van der Waals surface area contributed by atoms with Crippen LogP contribution in [-0.2, 0) is 14.3 Å². The Bertz CT molecular complexity index is 802. The molecule has 0 radical (unpaired) electrons. The predicted molar refractivity (Wildman–Crippen MR) is 81.5 cm³/mol. The van der Waals surface area contributed by atoms with Gasteiger partial charge in [-0.05, 0) is 25.1 Å². The van der Waals surface area contributed by atoms with Crippen LogP contribution in [0, 0.1) is 10.1 Å². The maximum absolute atomic E-state index is 11.5. The number of furan rings is 1. The van der Waals surface area contributed by atoms with Crippen molar-refractivity contribution in [1.82, 2.24) is 0 Å². The first-order valence-corrected chi connectivity index (χ1v) is 6.58. The molecule has 2 rings (SSSR count). The molecule has 23 heavy (non-hydrogen) atoms. The Morgan fingerprint density at radius 3 is 2.61 bits per heavy atom. The Morgan fingerprint density at radius 1 is 1.26 bits per heavy atom. The van der Waals surface area contributed by atoms with Crippen LogP contribution in [0.1, 0.15) is 12.7 Å². The van der Waals surface area contributed by atoms with Gasteiger partial charge < -0.3 is 9.15 Å². The van der Waals surface area contributed by atoms with Gasteiger partial charge in [-0.2, -0.15) is 0 Å². The topological polar surface area (TPSA) is 99.7 Å². The van der Waals surface area contributed by atoms with Crippen LogP contribution in [0.2, 0.25) is 0 Å². The summed E-state index contributed by atoms with van der Waals surface area (Å²) in [7, 11) is 1.18. The van der Waals surface area contributed by atoms with Crippen molar-refractivity contribution in [3.05, 3.63) is 57.8 Å². The summed E-state index contributed by atoms with van der Waals surface area (Å²) in [5.74, 6) is -0.564. The molecule has 2 aromatic rings. The normalized spacial score (nSPS) is 11.1. The molecular weight excluding hydrogens is 302 g/mol. The molecular formula is C16H13NO6. The second kappa shape index (κ2) is 6.69. The molecule has 0 fully saturated rings. The molecule has 0 bridgehead atoms. The van der Waals surface area contributed by atoms with Crippen molar-refractivity contribution in [3.63, 3.8) is 0 Å². The summed E-state index contributed by atoms with van der Waals surface area (Å²) >= 11 is 0. The minimum absolute atomic E-state index is 0.0602. The van der Waals surface area contributed by atoms with E-state index in [1.807, 2.05) is 0 Å². The van der Waals surface area contributed by atoms with Gasteiger partial charge in [-0.3, -0.25) is 14.9 Å². The highest BCUT2D eigenvalue weighted by Gasteiger charge is 2.16. The number of nitrogens with zero attached hydrogens (tertiary/aromatic N) is 1. The number of nitro benzene ring substituents is 1. The Kier molecular flexibility index (Phi) is 4.70. The van der Waals surface area contributed by atoms with Gasteiger partial charge in [0, 0.05) is 17.7 Å². The highest BCUT2D eigenvalue weighted by Crippen LogP contribution is 2.26. The molecule has 1 aromatic carbocycles. The molecule has 0 spiro atoms. The Labute approximate surface area is 131 Å². The van der Waals surface area contributed by atoms with Crippen molar-refractivity contribution in [2.45, 2.75) is 6.92 Å². The van der Waals surface area contributed by atoms with Crippen LogP contribution in [-0.4, -0.2) is 23.8 Å². The van der Waals surface area contributed by atoms with E-state index in [9.17, 15) is 19.7 Å². The molecule has 7 heteroatoms. The Morgan fingerprint density at radius 2 is 2.00 bits per heavy atom. The number of ether oxygens (including phenoxy) is 1. The zero-order valence-electron chi connectivity index (χ0n) is 12.4. The molecule has 0 saturated carbocycles. The van der Waals surface area contributed by atoms with E-state index in [4.69, 9.17) is 4.42 Å². The molecule has 0 aliphatic heterocycles. The van der Waals surface area contributed by atoms with Crippen molar-refractivity contribution in [2.24, 2.45) is 0 Å². The van der Waals surface area contributed by atoms with Crippen LogP contribution in [0.5, 0.6) is 0 Å². The molecule has 0 unspecified atom stereocenters. The van der Waals surface area contributed by atoms with E-state index in [2.05, 4.69) is 4.74 Å². The van der Waals surface area contributed by atoms with Gasteiger partial charge in [-0.25, -0.2) is 4.79 Å². The third-order valence-electron chi connectivity index (χ3n) is 3.04. The summed E-state index contributed by atoms with van der Waals surface area (Å²) in [6.45, 7) is 1.24. The van der Waals surface area contributed by atoms with Gasteiger partial charge in [0.1, 0.15) is 17.1 Å². The first-order valence-electron chi connectivity index (χ1n) is 6.58. The highest BCUT2D eigenvalue weighted by molar-refractivity contribution is 6.19. The number of methoxy groups -OCH3 is 1. The number of nitro groups is 1. The number of carbonyl (C=O) groups excluding carboxylic acids is 2. The quantitative estimate of drug-likeness (QED) is 0.210. The van der Waals surface area contributed by atoms with E-state index in [-0.39, 0.29) is 17.0 Å². The fourth-order valence-corrected chi connectivity index (χ4v) is 1.91. The van der Waals surface area contributed by atoms with Crippen LogP contribution in [0.4, 0.5) is 5.69 Å². The number of non-ortho nitro benzene ring substituents is 1. The summed E-state index contributed by atoms with van der Waals surface area (Å²) in [6, 6.07) is 9.10. The number of benzene rings is 1. The lowest BCUT2D eigenvalue weighted by Crippen LogP contribution is -2.11. The van der Waals surface area contributed by atoms with Gasteiger partial charge in [-0.1, -0.05) is 12.1 Å². The molecule has 0 atom stereocenters. The van der Waals surface area contributed by atoms with Crippen LogP contribution in [0.25, 0.3) is 17.4 Å². The van der Waals surface area contributed by atoms with E-state index in [0.29, 0.717) is 11.3 Å². The van der Waals surface area contributed by atoms with Gasteiger partial charge >= 0.3 is 5.97 Å². The lowest BCUT2D eigenvalue weighted by molar-refractivity contribution is -0.384. The van der Waals surface area contributed by atoms with Gasteiger partial charge in [0.2, 0.25) is 0 Å². The van der Waals surface area contributed by atoms with Crippen molar-refractivity contribution in [2.75, 3.05) is 7.11 Å². The first-order chi connectivity index (χ1) is 10.9. The average molecular weight is 315 g/mol. The Balaban J connectivity index is 2.37. The van der Waals surface area contributed by atoms with Gasteiger partial charge in [0.25, 0.3) is 5.69 Å². The number of hydrogen-bond donors (Lipinski definition) is 0. The van der Waals surface area contributed by atoms with Crippen molar-refractivity contribution < 1.29 is 23.7 Å². The number of ketones is 1.